The lowest BCUT2D eigenvalue weighted by atomic mass is 9.79. The van der Waals surface area contributed by atoms with Crippen molar-refractivity contribution in [1.29, 1.82) is 0 Å². The highest BCUT2D eigenvalue weighted by atomic mass is 33.1. The van der Waals surface area contributed by atoms with Crippen molar-refractivity contribution in [2.75, 3.05) is 18.9 Å². The summed E-state index contributed by atoms with van der Waals surface area (Å²) in [6, 6.07) is 1.76. The molecule has 2 heterocycles. The number of hydrogen-bond donors (Lipinski definition) is 6. The molecule has 260 valence electrons. The molecule has 1 aliphatic carbocycles. The Bertz CT molecular complexity index is 1170. The van der Waals surface area contributed by atoms with Gasteiger partial charge in [-0.05, 0) is 51.0 Å². The van der Waals surface area contributed by atoms with Gasteiger partial charge >= 0.3 is 5.69 Å². The van der Waals surface area contributed by atoms with Crippen molar-refractivity contribution in [1.82, 2.24) is 15.6 Å². The molecule has 2 amide bonds. The number of rotatable bonds is 15. The SMILES string of the molecule is CC(=O)NC1C(OC(C)C)OC(CO)C(O)C1OC1CC(C(=O)NCCSSc2ncccc2[N+](=O)[O-])C(OC(C)C)C(O)C1O. The summed E-state index contributed by atoms with van der Waals surface area (Å²) >= 11 is 0. The molecule has 1 aliphatic heterocycles. The Labute approximate surface area is 274 Å². The Morgan fingerprint density at radius 3 is 2.43 bits per heavy atom. The fourth-order valence-corrected chi connectivity index (χ4v) is 7.22. The van der Waals surface area contributed by atoms with Crippen LogP contribution in [-0.2, 0) is 28.5 Å². The number of amides is 2. The van der Waals surface area contributed by atoms with Gasteiger partial charge in [-0.1, -0.05) is 10.8 Å². The molecule has 2 fully saturated rings. The van der Waals surface area contributed by atoms with E-state index in [0.717, 1.165) is 10.8 Å². The lowest BCUT2D eigenvalue weighted by Crippen LogP contribution is -2.68. The topological polar surface area (TPSA) is 232 Å². The molecule has 1 saturated carbocycles. The number of nitrogens with one attached hydrogen (secondary N) is 2. The third-order valence-corrected chi connectivity index (χ3v) is 9.54. The summed E-state index contributed by atoms with van der Waals surface area (Å²) in [5.41, 5.74) is -0.124. The van der Waals surface area contributed by atoms with Crippen molar-refractivity contribution >= 4 is 39.1 Å². The summed E-state index contributed by atoms with van der Waals surface area (Å²) in [5, 5.41) is 60.1. The number of nitro groups is 1. The van der Waals surface area contributed by atoms with Gasteiger partial charge in [-0.25, -0.2) is 4.98 Å². The fraction of sp³-hybridized carbons (Fsp3) is 0.750. The highest BCUT2D eigenvalue weighted by Gasteiger charge is 2.53. The molecule has 0 aromatic carbocycles. The molecule has 16 nitrogen and oxygen atoms in total. The molecule has 10 atom stereocenters. The Morgan fingerprint density at radius 1 is 1.13 bits per heavy atom. The Balaban J connectivity index is 1.75. The Kier molecular flexibility index (Phi) is 14.9. The van der Waals surface area contributed by atoms with E-state index in [1.165, 1.54) is 36.0 Å². The first-order chi connectivity index (χ1) is 21.7. The predicted octanol–water partition coefficient (Wildman–Crippen LogP) is 0.143. The number of carbonyl (C=O) groups is 2. The van der Waals surface area contributed by atoms with E-state index in [0.29, 0.717) is 5.75 Å². The molecule has 0 spiro atoms. The zero-order valence-corrected chi connectivity index (χ0v) is 27.9. The van der Waals surface area contributed by atoms with E-state index in [9.17, 15) is 40.1 Å². The minimum absolute atomic E-state index is 0.124. The van der Waals surface area contributed by atoms with Gasteiger partial charge < -0.3 is 50.0 Å². The first-order valence-electron chi connectivity index (χ1n) is 15.0. The van der Waals surface area contributed by atoms with Gasteiger partial charge in [0.05, 0.1) is 41.9 Å². The van der Waals surface area contributed by atoms with Gasteiger partial charge in [-0.2, -0.15) is 0 Å². The van der Waals surface area contributed by atoms with Gasteiger partial charge in [-0.3, -0.25) is 19.7 Å². The van der Waals surface area contributed by atoms with Crippen LogP contribution in [0, 0.1) is 16.0 Å². The maximum Gasteiger partial charge on any atom is 0.302 e. The van der Waals surface area contributed by atoms with E-state index in [1.807, 2.05) is 0 Å². The molecule has 0 bridgehead atoms. The van der Waals surface area contributed by atoms with Gasteiger partial charge in [0.15, 0.2) is 11.3 Å². The normalized spacial score (nSPS) is 31.5. The summed E-state index contributed by atoms with van der Waals surface area (Å²) < 4.78 is 23.6. The number of pyridine rings is 1. The first kappa shape index (κ1) is 38.3. The third-order valence-electron chi connectivity index (χ3n) is 7.25. The maximum absolute atomic E-state index is 13.5. The van der Waals surface area contributed by atoms with E-state index in [-0.39, 0.29) is 29.8 Å². The van der Waals surface area contributed by atoms with E-state index in [4.69, 9.17) is 18.9 Å². The van der Waals surface area contributed by atoms with Gasteiger partial charge in [0.2, 0.25) is 11.8 Å². The van der Waals surface area contributed by atoms with E-state index in [1.54, 1.807) is 27.7 Å². The van der Waals surface area contributed by atoms with E-state index < -0.39 is 90.4 Å². The van der Waals surface area contributed by atoms with Crippen LogP contribution in [0.3, 0.4) is 0 Å². The number of aliphatic hydroxyl groups excluding tert-OH is 4. The van der Waals surface area contributed by atoms with Crippen molar-refractivity contribution in [2.45, 2.75) is 113 Å². The molecule has 6 N–H and O–H groups in total. The number of aliphatic hydroxyl groups is 4. The minimum atomic E-state index is -1.56. The van der Waals surface area contributed by atoms with Crippen molar-refractivity contribution in [3.63, 3.8) is 0 Å². The summed E-state index contributed by atoms with van der Waals surface area (Å²) in [6.45, 7) is 7.76. The summed E-state index contributed by atoms with van der Waals surface area (Å²) in [7, 11) is 2.36. The van der Waals surface area contributed by atoms with E-state index >= 15 is 0 Å². The monoisotopic (exact) mass is 692 g/mol. The predicted molar refractivity (Wildman–Crippen MR) is 167 cm³/mol. The number of ether oxygens (including phenoxy) is 4. The van der Waals surface area contributed by atoms with Crippen LogP contribution in [0.5, 0.6) is 0 Å². The van der Waals surface area contributed by atoms with Crippen molar-refractivity contribution in [3.8, 4) is 0 Å². The first-order valence-corrected chi connectivity index (χ1v) is 17.3. The summed E-state index contributed by atoms with van der Waals surface area (Å²) in [5.74, 6) is -1.59. The summed E-state index contributed by atoms with van der Waals surface area (Å²) in [6.07, 6.45) is -9.85. The molecule has 2 aliphatic rings. The number of aromatic nitrogens is 1. The number of nitrogens with zero attached hydrogens (tertiary/aromatic N) is 2. The summed E-state index contributed by atoms with van der Waals surface area (Å²) in [4.78, 5) is 40.3. The van der Waals surface area contributed by atoms with Crippen LogP contribution >= 0.6 is 21.6 Å². The molecule has 10 unspecified atom stereocenters. The standard InChI is InChI=1S/C28H44N4O12S2/c1-13(2)41-24-16(26(38)29-9-10-45-46-27-17(32(39)40)7-6-8-30-27)11-18(21(35)23(24)37)43-25-20(31-15(5)34)28(42-14(3)4)44-19(12-33)22(25)36/h6-8,13-14,16,18-25,28,33,35-37H,9-12H2,1-5H3,(H,29,38)(H,31,34). The van der Waals surface area contributed by atoms with E-state index in [2.05, 4.69) is 15.6 Å². The highest BCUT2D eigenvalue weighted by Crippen LogP contribution is 2.36. The molecule has 18 heteroatoms. The zero-order chi connectivity index (χ0) is 34.1. The zero-order valence-electron chi connectivity index (χ0n) is 26.3. The largest absolute Gasteiger partial charge is 0.394 e. The van der Waals surface area contributed by atoms with Crippen LogP contribution in [0.2, 0.25) is 0 Å². The molecule has 1 aromatic rings. The van der Waals surface area contributed by atoms with Crippen molar-refractivity contribution in [3.05, 3.63) is 28.4 Å². The third kappa shape index (κ3) is 10.2. The van der Waals surface area contributed by atoms with Crippen molar-refractivity contribution < 1.29 is 53.9 Å². The minimum Gasteiger partial charge on any atom is -0.394 e. The average Bonchev–Trinajstić information content (AvgIpc) is 2.98. The van der Waals surface area contributed by atoms with Crippen LogP contribution < -0.4 is 10.6 Å². The number of hydrogen-bond acceptors (Lipinski definition) is 15. The lowest BCUT2D eigenvalue weighted by Gasteiger charge is -2.48. The maximum atomic E-state index is 13.5. The van der Waals surface area contributed by atoms with Crippen LogP contribution in [0.15, 0.2) is 23.4 Å². The van der Waals surface area contributed by atoms with Crippen LogP contribution in [0.4, 0.5) is 5.69 Å². The molecule has 3 rings (SSSR count). The van der Waals surface area contributed by atoms with Gasteiger partial charge in [0.25, 0.3) is 0 Å². The van der Waals surface area contributed by atoms with Crippen LogP contribution in [-0.4, -0.2) is 128 Å². The fourth-order valence-electron chi connectivity index (χ4n) is 5.29. The van der Waals surface area contributed by atoms with Crippen LogP contribution in [0.1, 0.15) is 41.0 Å². The quantitative estimate of drug-likeness (QED) is 0.0621. The van der Waals surface area contributed by atoms with Gasteiger partial charge in [0, 0.05) is 31.5 Å². The molecular weight excluding hydrogens is 648 g/mol. The average molecular weight is 693 g/mol. The van der Waals surface area contributed by atoms with Crippen LogP contribution in [0.25, 0.3) is 0 Å². The second-order valence-electron chi connectivity index (χ2n) is 11.5. The molecule has 1 aromatic heterocycles. The molecular formula is C28H44N4O12S2. The second kappa shape index (κ2) is 17.9. The highest BCUT2D eigenvalue weighted by molar-refractivity contribution is 8.76. The van der Waals surface area contributed by atoms with Gasteiger partial charge in [-0.15, -0.1) is 0 Å². The van der Waals surface area contributed by atoms with Gasteiger partial charge in [0.1, 0.15) is 36.6 Å². The Hall–Kier alpha value is -2.13. The molecule has 1 saturated heterocycles. The second-order valence-corrected chi connectivity index (χ2v) is 13.9. The molecule has 46 heavy (non-hydrogen) atoms. The Morgan fingerprint density at radius 2 is 1.83 bits per heavy atom. The smallest absolute Gasteiger partial charge is 0.302 e. The molecule has 0 radical (unpaired) electrons. The number of carbonyl (C=O) groups excluding carboxylic acids is 2. The van der Waals surface area contributed by atoms with Crippen molar-refractivity contribution in [2.24, 2.45) is 5.92 Å². The lowest BCUT2D eigenvalue weighted by molar-refractivity contribution is -0.388.